The van der Waals surface area contributed by atoms with Gasteiger partial charge in [-0.05, 0) is 18.9 Å². The number of nitrogens with one attached hydrogen (secondary N) is 1. The number of benzene rings is 1. The third kappa shape index (κ3) is 5.88. The van der Waals surface area contributed by atoms with Gasteiger partial charge in [0, 0.05) is 26.2 Å². The first-order valence-electron chi connectivity index (χ1n) is 10.0. The Bertz CT molecular complexity index is 976. The molecule has 168 valence electrons. The number of thiazole rings is 1. The molecule has 2 unspecified atom stereocenters. The molecule has 1 aromatic carbocycles. The van der Waals surface area contributed by atoms with Crippen LogP contribution in [-0.2, 0) is 26.0 Å². The van der Waals surface area contributed by atoms with Crippen molar-refractivity contribution in [1.29, 1.82) is 0 Å². The summed E-state index contributed by atoms with van der Waals surface area (Å²) in [6.07, 6.45) is 1.71. The van der Waals surface area contributed by atoms with Crippen LogP contribution in [0.15, 0.2) is 42.0 Å². The number of sulfonamides is 1. The smallest absolute Gasteiger partial charge is 0.240 e. The van der Waals surface area contributed by atoms with Gasteiger partial charge in [-0.2, -0.15) is 4.31 Å². The predicted octanol–water partition coefficient (Wildman–Crippen LogP) is 0.444. The van der Waals surface area contributed by atoms with Gasteiger partial charge in [0.05, 0.1) is 23.4 Å². The number of carbonyl (C=O) groups excluding carboxylic acids is 2. The summed E-state index contributed by atoms with van der Waals surface area (Å²) < 4.78 is 27.7. The summed E-state index contributed by atoms with van der Waals surface area (Å²) in [6.45, 7) is 3.41. The molecule has 11 heteroatoms. The van der Waals surface area contributed by atoms with Gasteiger partial charge in [-0.1, -0.05) is 30.3 Å². The quantitative estimate of drug-likeness (QED) is 0.554. The lowest BCUT2D eigenvalue weighted by Gasteiger charge is -2.32. The van der Waals surface area contributed by atoms with E-state index in [2.05, 4.69) is 10.3 Å². The largest absolute Gasteiger partial charge is 0.368 e. The van der Waals surface area contributed by atoms with Crippen molar-refractivity contribution in [2.45, 2.75) is 19.4 Å². The maximum atomic E-state index is 13.7. The second kappa shape index (κ2) is 10.3. The lowest BCUT2D eigenvalue weighted by Crippen LogP contribution is -2.52. The second-order valence-electron chi connectivity index (χ2n) is 7.44. The molecule has 0 radical (unpaired) electrons. The minimum Gasteiger partial charge on any atom is -0.368 e. The van der Waals surface area contributed by atoms with Crippen molar-refractivity contribution in [2.24, 2.45) is 11.7 Å². The number of piperazine rings is 1. The zero-order valence-electron chi connectivity index (χ0n) is 17.3. The van der Waals surface area contributed by atoms with Gasteiger partial charge in [-0.3, -0.25) is 19.5 Å². The Balaban J connectivity index is 1.93. The van der Waals surface area contributed by atoms with Gasteiger partial charge in [0.2, 0.25) is 21.8 Å². The Morgan fingerprint density at radius 3 is 2.52 bits per heavy atom. The molecule has 3 N–H and O–H groups in total. The third-order valence-electron chi connectivity index (χ3n) is 5.25. The van der Waals surface area contributed by atoms with Crippen molar-refractivity contribution in [2.75, 3.05) is 36.8 Å². The molecular formula is C20H27N5O4S2. The first kappa shape index (κ1) is 23.3. The topological polar surface area (TPSA) is 126 Å². The molecule has 0 saturated carbocycles. The van der Waals surface area contributed by atoms with Crippen molar-refractivity contribution in [3.63, 3.8) is 0 Å². The molecule has 0 aliphatic carbocycles. The number of nitrogens with two attached hydrogens (primary N) is 1. The average molecular weight is 466 g/mol. The number of hydrogen-bond donors (Lipinski definition) is 2. The van der Waals surface area contributed by atoms with Gasteiger partial charge < -0.3 is 11.1 Å². The monoisotopic (exact) mass is 465 g/mol. The van der Waals surface area contributed by atoms with Gasteiger partial charge in [0.15, 0.2) is 0 Å². The molecule has 9 nitrogen and oxygen atoms in total. The van der Waals surface area contributed by atoms with E-state index < -0.39 is 33.8 Å². The van der Waals surface area contributed by atoms with E-state index in [1.54, 1.807) is 5.51 Å². The van der Waals surface area contributed by atoms with Gasteiger partial charge in [-0.15, -0.1) is 11.3 Å². The first-order chi connectivity index (χ1) is 14.8. The molecule has 31 heavy (non-hydrogen) atoms. The maximum absolute atomic E-state index is 13.7. The Labute approximate surface area is 186 Å². The summed E-state index contributed by atoms with van der Waals surface area (Å²) in [5, 5.41) is 3.58. The van der Waals surface area contributed by atoms with Crippen LogP contribution < -0.4 is 16.0 Å². The molecule has 0 bridgehead atoms. The Morgan fingerprint density at radius 1 is 1.26 bits per heavy atom. The van der Waals surface area contributed by atoms with Gasteiger partial charge >= 0.3 is 0 Å². The van der Waals surface area contributed by atoms with E-state index in [0.29, 0.717) is 31.2 Å². The number of amides is 2. The second-order valence-corrected chi connectivity index (χ2v) is 10.3. The first-order valence-corrected chi connectivity index (χ1v) is 12.5. The van der Waals surface area contributed by atoms with Crippen LogP contribution in [0.1, 0.15) is 12.5 Å². The van der Waals surface area contributed by atoms with Crippen LogP contribution in [-0.4, -0.2) is 67.5 Å². The highest BCUT2D eigenvalue weighted by atomic mass is 32.2. The number of anilines is 1. The number of carbonyl (C=O) groups is 2. The van der Waals surface area contributed by atoms with Crippen LogP contribution >= 0.6 is 11.3 Å². The van der Waals surface area contributed by atoms with Crippen molar-refractivity contribution >= 4 is 38.2 Å². The fraction of sp³-hybridized carbons (Fsp3) is 0.450. The molecule has 1 saturated heterocycles. The van der Waals surface area contributed by atoms with E-state index in [0.717, 1.165) is 5.56 Å². The van der Waals surface area contributed by atoms with Crippen molar-refractivity contribution in [3.8, 4) is 0 Å². The summed E-state index contributed by atoms with van der Waals surface area (Å²) in [4.78, 5) is 30.9. The molecule has 2 heterocycles. The molecule has 1 aromatic heterocycles. The molecule has 0 spiro atoms. The van der Waals surface area contributed by atoms with Crippen LogP contribution in [0, 0.1) is 5.92 Å². The summed E-state index contributed by atoms with van der Waals surface area (Å²) in [6, 6.07) is 8.31. The normalized spacial score (nSPS) is 17.1. The van der Waals surface area contributed by atoms with Crippen molar-refractivity contribution < 1.29 is 18.0 Å². The molecule has 2 aromatic rings. The number of aromatic nitrogens is 1. The number of hydrogen-bond acceptors (Lipinski definition) is 7. The van der Waals surface area contributed by atoms with E-state index in [4.69, 9.17) is 5.73 Å². The Hall–Kier alpha value is -2.34. The number of rotatable bonds is 9. The van der Waals surface area contributed by atoms with Crippen molar-refractivity contribution in [3.05, 3.63) is 47.6 Å². The molecule has 2 amide bonds. The van der Waals surface area contributed by atoms with E-state index in [-0.39, 0.29) is 12.2 Å². The van der Waals surface area contributed by atoms with Gasteiger partial charge in [-0.25, -0.2) is 8.42 Å². The molecule has 2 atom stereocenters. The zero-order valence-corrected chi connectivity index (χ0v) is 18.9. The Morgan fingerprint density at radius 2 is 1.94 bits per heavy atom. The van der Waals surface area contributed by atoms with Crippen molar-refractivity contribution in [1.82, 2.24) is 14.6 Å². The summed E-state index contributed by atoms with van der Waals surface area (Å²) >= 11 is 1.19. The zero-order chi connectivity index (χ0) is 22.4. The predicted molar refractivity (Wildman–Crippen MR) is 120 cm³/mol. The van der Waals surface area contributed by atoms with E-state index in [1.807, 2.05) is 30.3 Å². The highest BCUT2D eigenvalue weighted by Gasteiger charge is 2.37. The highest BCUT2D eigenvalue weighted by Crippen LogP contribution is 2.26. The molecule has 1 aliphatic heterocycles. The number of primary amides is 1. The summed E-state index contributed by atoms with van der Waals surface area (Å²) in [5.41, 5.74) is 7.88. The Kier molecular flexibility index (Phi) is 7.76. The summed E-state index contributed by atoms with van der Waals surface area (Å²) in [7, 11) is -3.68. The minimum atomic E-state index is -3.68. The van der Waals surface area contributed by atoms with E-state index in [9.17, 15) is 18.0 Å². The van der Waals surface area contributed by atoms with E-state index >= 15 is 0 Å². The third-order valence-corrected chi connectivity index (χ3v) is 7.99. The average Bonchev–Trinajstić information content (AvgIpc) is 3.29. The van der Waals surface area contributed by atoms with Crippen LogP contribution in [0.3, 0.4) is 0 Å². The lowest BCUT2D eigenvalue weighted by atomic mass is 9.99. The molecule has 1 fully saturated rings. The van der Waals surface area contributed by atoms with Crippen LogP contribution in [0.4, 0.5) is 5.00 Å². The SMILES string of the molecule is CC(C(N)=O)N(C(=O)C(Cc1ccccc1)CS(=O)(=O)N1CCNCC1)c1cncs1. The van der Waals surface area contributed by atoms with Crippen LogP contribution in [0.25, 0.3) is 0 Å². The highest BCUT2D eigenvalue weighted by molar-refractivity contribution is 7.89. The van der Waals surface area contributed by atoms with E-state index in [1.165, 1.54) is 33.7 Å². The van der Waals surface area contributed by atoms with Crippen LogP contribution in [0.5, 0.6) is 0 Å². The minimum absolute atomic E-state index is 0.228. The van der Waals surface area contributed by atoms with Gasteiger partial charge in [0.1, 0.15) is 11.0 Å². The standard InChI is InChI=1S/C20H27N5O4S2/c1-15(19(21)26)25(18-12-23-14-30-18)20(27)17(11-16-5-3-2-4-6-16)13-31(28,29)24-9-7-22-8-10-24/h2-6,12,14-15,17,22H,7-11,13H2,1H3,(H2,21,26). The number of nitrogens with zero attached hydrogens (tertiary/aromatic N) is 3. The molecular weight excluding hydrogens is 438 g/mol. The lowest BCUT2D eigenvalue weighted by molar-refractivity contribution is -0.126. The fourth-order valence-corrected chi connectivity index (χ4v) is 5.97. The van der Waals surface area contributed by atoms with Gasteiger partial charge in [0.25, 0.3) is 0 Å². The molecule has 1 aliphatic rings. The molecule has 3 rings (SSSR count). The van der Waals surface area contributed by atoms with Crippen LogP contribution in [0.2, 0.25) is 0 Å². The summed E-state index contributed by atoms with van der Waals surface area (Å²) in [5.74, 6) is -2.36. The fourth-order valence-electron chi connectivity index (χ4n) is 3.54. The maximum Gasteiger partial charge on any atom is 0.240 e.